The summed E-state index contributed by atoms with van der Waals surface area (Å²) in [6.07, 6.45) is 3.89. The number of anilines is 1. The summed E-state index contributed by atoms with van der Waals surface area (Å²) in [5, 5.41) is 0.677. The monoisotopic (exact) mass is 294 g/mol. The minimum atomic E-state index is 0.172. The third kappa shape index (κ3) is 3.15. The molecule has 1 aliphatic carbocycles. The topological polar surface area (TPSA) is 23.6 Å². The van der Waals surface area contributed by atoms with Crippen LogP contribution in [-0.2, 0) is 4.79 Å². The van der Waals surface area contributed by atoms with Gasteiger partial charge in [-0.1, -0.05) is 24.6 Å². The van der Waals surface area contributed by atoms with Crippen molar-refractivity contribution in [1.29, 1.82) is 0 Å². The fourth-order valence-electron chi connectivity index (χ4n) is 3.14. The summed E-state index contributed by atoms with van der Waals surface area (Å²) in [5.41, 5.74) is 0.920. The minimum absolute atomic E-state index is 0.172. The van der Waals surface area contributed by atoms with Crippen molar-refractivity contribution in [1.82, 2.24) is 4.90 Å². The summed E-state index contributed by atoms with van der Waals surface area (Å²) in [5.74, 6) is 0.172. The average Bonchev–Trinajstić information content (AvgIpc) is 2.88. The largest absolute Gasteiger partial charge is 0.308 e. The Bertz CT molecular complexity index is 475. The summed E-state index contributed by atoms with van der Waals surface area (Å²) in [4.78, 5) is 16.6. The van der Waals surface area contributed by atoms with E-state index in [0.717, 1.165) is 18.5 Å². The number of benzene rings is 1. The zero-order valence-electron chi connectivity index (χ0n) is 12.5. The number of carbonyl (C=O) groups excluding carboxylic acids is 1. The first-order valence-electron chi connectivity index (χ1n) is 7.28. The van der Waals surface area contributed by atoms with Gasteiger partial charge >= 0.3 is 0 Å². The van der Waals surface area contributed by atoms with Crippen LogP contribution >= 0.6 is 11.6 Å². The maximum absolute atomic E-state index is 12.4. The number of halogens is 1. The fourth-order valence-corrected chi connectivity index (χ4v) is 3.33. The average molecular weight is 295 g/mol. The quantitative estimate of drug-likeness (QED) is 0.847. The number of hydrogen-bond donors (Lipinski definition) is 0. The number of amides is 1. The predicted octanol–water partition coefficient (Wildman–Crippen LogP) is 3.57. The van der Waals surface area contributed by atoms with Gasteiger partial charge in [-0.15, -0.1) is 0 Å². The van der Waals surface area contributed by atoms with Gasteiger partial charge in [0.05, 0.1) is 6.04 Å². The van der Waals surface area contributed by atoms with E-state index in [-0.39, 0.29) is 11.9 Å². The van der Waals surface area contributed by atoms with Gasteiger partial charge in [-0.25, -0.2) is 0 Å². The second-order valence-electron chi connectivity index (χ2n) is 5.63. The summed E-state index contributed by atoms with van der Waals surface area (Å²) in [6.45, 7) is 1.92. The molecule has 0 saturated heterocycles. The van der Waals surface area contributed by atoms with Crippen molar-refractivity contribution in [3.8, 4) is 0 Å². The molecule has 0 radical (unpaired) electrons. The Morgan fingerprint density at radius 1 is 1.30 bits per heavy atom. The van der Waals surface area contributed by atoms with Crippen LogP contribution in [0.25, 0.3) is 0 Å². The maximum atomic E-state index is 12.4. The molecule has 1 aromatic carbocycles. The van der Waals surface area contributed by atoms with E-state index in [4.69, 9.17) is 11.6 Å². The fraction of sp³-hybridized carbons (Fsp3) is 0.562. The Labute approximate surface area is 126 Å². The van der Waals surface area contributed by atoms with Gasteiger partial charge in [0.1, 0.15) is 0 Å². The summed E-state index contributed by atoms with van der Waals surface area (Å²) < 4.78 is 0. The third-order valence-corrected chi connectivity index (χ3v) is 4.33. The highest BCUT2D eigenvalue weighted by atomic mass is 35.5. The highest BCUT2D eigenvalue weighted by molar-refractivity contribution is 6.30. The van der Waals surface area contributed by atoms with E-state index >= 15 is 0 Å². The molecular formula is C16H23ClN2O. The Morgan fingerprint density at radius 2 is 2.00 bits per heavy atom. The van der Waals surface area contributed by atoms with Crippen molar-refractivity contribution < 1.29 is 4.79 Å². The third-order valence-electron chi connectivity index (χ3n) is 4.10. The van der Waals surface area contributed by atoms with Gasteiger partial charge < -0.3 is 9.80 Å². The zero-order valence-corrected chi connectivity index (χ0v) is 13.2. The molecule has 1 amide bonds. The highest BCUT2D eigenvalue weighted by Crippen LogP contribution is 2.32. The van der Waals surface area contributed by atoms with Gasteiger partial charge in [-0.05, 0) is 51.6 Å². The molecule has 4 heteroatoms. The first-order chi connectivity index (χ1) is 9.54. The number of nitrogens with zero attached hydrogens (tertiary/aromatic N) is 2. The van der Waals surface area contributed by atoms with Crippen molar-refractivity contribution >= 4 is 23.2 Å². The van der Waals surface area contributed by atoms with Crippen molar-refractivity contribution in [3.05, 3.63) is 29.3 Å². The Hall–Kier alpha value is -1.06. The Kier molecular flexibility index (Phi) is 5.06. The van der Waals surface area contributed by atoms with Gasteiger partial charge in [0.25, 0.3) is 0 Å². The number of rotatable bonds is 4. The van der Waals surface area contributed by atoms with Gasteiger partial charge in [-0.3, -0.25) is 4.79 Å². The summed E-state index contributed by atoms with van der Waals surface area (Å²) in [6, 6.07) is 8.29. The maximum Gasteiger partial charge on any atom is 0.227 e. The molecule has 2 atom stereocenters. The van der Waals surface area contributed by atoms with Crippen LogP contribution in [0, 0.1) is 0 Å². The molecule has 2 rings (SSSR count). The van der Waals surface area contributed by atoms with E-state index in [1.54, 1.807) is 0 Å². The summed E-state index contributed by atoms with van der Waals surface area (Å²) >= 11 is 6.09. The molecule has 0 heterocycles. The van der Waals surface area contributed by atoms with E-state index in [9.17, 15) is 4.79 Å². The Morgan fingerprint density at radius 3 is 2.60 bits per heavy atom. The first kappa shape index (κ1) is 15.3. The van der Waals surface area contributed by atoms with Gasteiger partial charge in [0.15, 0.2) is 0 Å². The molecule has 3 nitrogen and oxygen atoms in total. The van der Waals surface area contributed by atoms with Crippen LogP contribution < -0.4 is 4.90 Å². The molecule has 1 aliphatic rings. The molecule has 1 fully saturated rings. The second kappa shape index (κ2) is 6.59. The molecule has 20 heavy (non-hydrogen) atoms. The van der Waals surface area contributed by atoms with Gasteiger partial charge in [0, 0.05) is 23.2 Å². The lowest BCUT2D eigenvalue weighted by molar-refractivity contribution is -0.119. The van der Waals surface area contributed by atoms with Crippen LogP contribution in [0.1, 0.15) is 32.6 Å². The Balaban J connectivity index is 2.35. The normalized spacial score (nSPS) is 22.2. The zero-order chi connectivity index (χ0) is 14.7. The van der Waals surface area contributed by atoms with Crippen LogP contribution in [0.3, 0.4) is 0 Å². The molecule has 0 aliphatic heterocycles. The van der Waals surface area contributed by atoms with E-state index in [1.165, 1.54) is 6.42 Å². The van der Waals surface area contributed by atoms with Crippen LogP contribution in [0.4, 0.5) is 5.69 Å². The SMILES string of the molecule is CCC(=O)N(c1cccc(Cl)c1)C1CCCC1N(C)C. The number of likely N-dealkylation sites (N-methyl/N-ethyl adjacent to an activating group) is 1. The molecule has 0 N–H and O–H groups in total. The van der Waals surface area contributed by atoms with E-state index in [2.05, 4.69) is 19.0 Å². The standard InChI is InChI=1S/C16H23ClN2O/c1-4-16(20)19(13-8-5-7-12(17)11-13)15-10-6-9-14(15)18(2)3/h5,7-8,11,14-15H,4,6,9-10H2,1-3H3. The number of hydrogen-bond acceptors (Lipinski definition) is 2. The van der Waals surface area contributed by atoms with E-state index in [0.29, 0.717) is 17.5 Å². The van der Waals surface area contributed by atoms with Crippen molar-refractivity contribution in [2.45, 2.75) is 44.7 Å². The summed E-state index contributed by atoms with van der Waals surface area (Å²) in [7, 11) is 4.19. The lowest BCUT2D eigenvalue weighted by Crippen LogP contribution is -2.49. The number of carbonyl (C=O) groups is 1. The molecule has 2 unspecified atom stereocenters. The van der Waals surface area contributed by atoms with Crippen molar-refractivity contribution in [3.63, 3.8) is 0 Å². The van der Waals surface area contributed by atoms with E-state index < -0.39 is 0 Å². The first-order valence-corrected chi connectivity index (χ1v) is 7.66. The highest BCUT2D eigenvalue weighted by Gasteiger charge is 2.36. The van der Waals surface area contributed by atoms with Crippen LogP contribution in [0.15, 0.2) is 24.3 Å². The minimum Gasteiger partial charge on any atom is -0.308 e. The van der Waals surface area contributed by atoms with Crippen LogP contribution in [0.5, 0.6) is 0 Å². The molecule has 0 bridgehead atoms. The smallest absolute Gasteiger partial charge is 0.227 e. The van der Waals surface area contributed by atoms with Crippen LogP contribution in [-0.4, -0.2) is 37.0 Å². The molecule has 0 spiro atoms. The second-order valence-corrected chi connectivity index (χ2v) is 6.06. The molecule has 1 saturated carbocycles. The molecule has 110 valence electrons. The van der Waals surface area contributed by atoms with E-state index in [1.807, 2.05) is 36.1 Å². The predicted molar refractivity (Wildman–Crippen MR) is 84.3 cm³/mol. The van der Waals surface area contributed by atoms with Crippen molar-refractivity contribution in [2.24, 2.45) is 0 Å². The molecule has 1 aromatic rings. The van der Waals surface area contributed by atoms with Crippen molar-refractivity contribution in [2.75, 3.05) is 19.0 Å². The van der Waals surface area contributed by atoms with Gasteiger partial charge in [-0.2, -0.15) is 0 Å². The molecule has 0 aromatic heterocycles. The lowest BCUT2D eigenvalue weighted by Gasteiger charge is -2.36. The van der Waals surface area contributed by atoms with Crippen LogP contribution in [0.2, 0.25) is 5.02 Å². The lowest BCUT2D eigenvalue weighted by atomic mass is 10.1. The van der Waals surface area contributed by atoms with Gasteiger partial charge in [0.2, 0.25) is 5.91 Å². The molecular weight excluding hydrogens is 272 g/mol.